The minimum absolute atomic E-state index is 0.0109. The molecule has 8 nitrogen and oxygen atoms in total. The molecule has 28 heavy (non-hydrogen) atoms. The zero-order valence-electron chi connectivity index (χ0n) is 15.5. The minimum Gasteiger partial charge on any atom is -0.318 e. The predicted molar refractivity (Wildman–Crippen MR) is 104 cm³/mol. The van der Waals surface area contributed by atoms with Crippen LogP contribution in [0.5, 0.6) is 0 Å². The molecule has 0 aliphatic rings. The van der Waals surface area contributed by atoms with Gasteiger partial charge in [-0.2, -0.15) is 0 Å². The van der Waals surface area contributed by atoms with Crippen molar-refractivity contribution in [1.29, 1.82) is 0 Å². The first-order valence-electron chi connectivity index (χ1n) is 8.63. The van der Waals surface area contributed by atoms with Crippen molar-refractivity contribution in [2.45, 2.75) is 24.8 Å². The van der Waals surface area contributed by atoms with Crippen LogP contribution in [0, 0.1) is 0 Å². The number of aryl methyl sites for hydroxylation is 1. The van der Waals surface area contributed by atoms with Crippen molar-refractivity contribution in [2.24, 2.45) is 0 Å². The van der Waals surface area contributed by atoms with Crippen molar-refractivity contribution >= 4 is 32.7 Å². The van der Waals surface area contributed by atoms with Gasteiger partial charge in [0, 0.05) is 18.2 Å². The lowest BCUT2D eigenvalue weighted by molar-refractivity contribution is -0.122. The van der Waals surface area contributed by atoms with E-state index in [2.05, 4.69) is 15.8 Å². The topological polar surface area (TPSA) is 110 Å². The largest absolute Gasteiger partial charge is 0.318 e. The summed E-state index contributed by atoms with van der Waals surface area (Å²) in [4.78, 5) is 29.1. The van der Waals surface area contributed by atoms with Gasteiger partial charge in [0.25, 0.3) is 11.8 Å². The monoisotopic (exact) mass is 400 g/mol. The standard InChI is InChI=1S/C19H20N4O4S/c1-3-17-20-15-6-4-5-7-16(15)23(17)12-18(24)21-22-19(25)13-8-10-14(11-9-13)28(2,26)27/h4-11H,3,12H2,1-2H3,(H,21,24)(H,22,25). The van der Waals surface area contributed by atoms with E-state index in [1.165, 1.54) is 24.3 Å². The van der Waals surface area contributed by atoms with Crippen molar-refractivity contribution in [3.8, 4) is 0 Å². The first-order chi connectivity index (χ1) is 13.3. The van der Waals surface area contributed by atoms with Crippen molar-refractivity contribution in [2.75, 3.05) is 6.26 Å². The second-order valence-corrected chi connectivity index (χ2v) is 8.27. The molecular formula is C19H20N4O4S. The summed E-state index contributed by atoms with van der Waals surface area (Å²) in [6, 6.07) is 13.0. The molecule has 0 saturated carbocycles. The Morgan fingerprint density at radius 2 is 1.71 bits per heavy atom. The van der Waals surface area contributed by atoms with Crippen molar-refractivity contribution in [3.63, 3.8) is 0 Å². The van der Waals surface area contributed by atoms with Gasteiger partial charge in [-0.1, -0.05) is 19.1 Å². The van der Waals surface area contributed by atoms with E-state index in [1.54, 1.807) is 4.57 Å². The second-order valence-electron chi connectivity index (χ2n) is 6.26. The lowest BCUT2D eigenvalue weighted by Gasteiger charge is -2.10. The Bertz CT molecular complexity index is 1130. The summed E-state index contributed by atoms with van der Waals surface area (Å²) >= 11 is 0. The molecule has 0 bridgehead atoms. The molecular weight excluding hydrogens is 380 g/mol. The summed E-state index contributed by atoms with van der Waals surface area (Å²) in [7, 11) is -3.33. The fraction of sp³-hybridized carbons (Fsp3) is 0.211. The molecule has 1 aromatic heterocycles. The number of carbonyl (C=O) groups is 2. The van der Waals surface area contributed by atoms with Gasteiger partial charge >= 0.3 is 0 Å². The highest BCUT2D eigenvalue weighted by atomic mass is 32.2. The Kier molecular flexibility index (Phi) is 5.46. The van der Waals surface area contributed by atoms with Crippen LogP contribution < -0.4 is 10.9 Å². The lowest BCUT2D eigenvalue weighted by atomic mass is 10.2. The maximum Gasteiger partial charge on any atom is 0.269 e. The second kappa shape index (κ2) is 7.81. The normalized spacial score (nSPS) is 11.4. The SMILES string of the molecule is CCc1nc2ccccc2n1CC(=O)NNC(=O)c1ccc(S(C)(=O)=O)cc1. The third kappa shape index (κ3) is 4.20. The maximum atomic E-state index is 12.3. The van der Waals surface area contributed by atoms with E-state index in [-0.39, 0.29) is 17.0 Å². The van der Waals surface area contributed by atoms with Gasteiger partial charge in [0.2, 0.25) is 0 Å². The summed E-state index contributed by atoms with van der Waals surface area (Å²) in [6.45, 7) is 1.97. The maximum absolute atomic E-state index is 12.3. The Hall–Kier alpha value is -3.20. The van der Waals surface area contributed by atoms with E-state index in [9.17, 15) is 18.0 Å². The number of aromatic nitrogens is 2. The molecule has 2 N–H and O–H groups in total. The fourth-order valence-electron chi connectivity index (χ4n) is 2.81. The summed E-state index contributed by atoms with van der Waals surface area (Å²) in [6.07, 6.45) is 1.76. The first kappa shape index (κ1) is 19.6. The lowest BCUT2D eigenvalue weighted by Crippen LogP contribution is -2.43. The number of imidazole rings is 1. The molecule has 9 heteroatoms. The Labute approximate surface area is 162 Å². The van der Waals surface area contributed by atoms with Gasteiger partial charge in [-0.15, -0.1) is 0 Å². The number of fused-ring (bicyclic) bond motifs is 1. The quantitative estimate of drug-likeness (QED) is 0.630. The smallest absolute Gasteiger partial charge is 0.269 e. The Morgan fingerprint density at radius 3 is 2.36 bits per heavy atom. The molecule has 0 spiro atoms. The molecule has 0 fully saturated rings. The van der Waals surface area contributed by atoms with E-state index in [0.717, 1.165) is 23.1 Å². The average Bonchev–Trinajstić information content (AvgIpc) is 3.03. The molecule has 0 unspecified atom stereocenters. The van der Waals surface area contributed by atoms with E-state index in [0.29, 0.717) is 6.42 Å². The summed E-state index contributed by atoms with van der Waals surface area (Å²) in [5, 5.41) is 0. The Balaban J connectivity index is 1.65. The van der Waals surface area contributed by atoms with Crippen LogP contribution in [0.4, 0.5) is 0 Å². The van der Waals surface area contributed by atoms with Crippen molar-refractivity contribution in [1.82, 2.24) is 20.4 Å². The zero-order chi connectivity index (χ0) is 20.3. The number of hydrazine groups is 1. The fourth-order valence-corrected chi connectivity index (χ4v) is 3.44. The van der Waals surface area contributed by atoms with Crippen LogP contribution in [0.25, 0.3) is 11.0 Å². The predicted octanol–water partition coefficient (Wildman–Crippen LogP) is 1.46. The number of amides is 2. The number of hydrogen-bond donors (Lipinski definition) is 2. The highest BCUT2D eigenvalue weighted by Crippen LogP contribution is 2.16. The van der Waals surface area contributed by atoms with Crippen LogP contribution in [0.3, 0.4) is 0 Å². The molecule has 0 saturated heterocycles. The van der Waals surface area contributed by atoms with E-state index < -0.39 is 21.7 Å². The van der Waals surface area contributed by atoms with Gasteiger partial charge < -0.3 is 4.57 Å². The first-order valence-corrected chi connectivity index (χ1v) is 10.5. The summed E-state index contributed by atoms with van der Waals surface area (Å²) in [5.74, 6) is -0.169. The van der Waals surface area contributed by atoms with Crippen LogP contribution in [0.2, 0.25) is 0 Å². The number of nitrogens with zero attached hydrogens (tertiary/aromatic N) is 2. The third-order valence-electron chi connectivity index (χ3n) is 4.21. The molecule has 0 atom stereocenters. The minimum atomic E-state index is -3.33. The van der Waals surface area contributed by atoms with Crippen LogP contribution >= 0.6 is 0 Å². The molecule has 3 rings (SSSR count). The molecule has 3 aromatic rings. The highest BCUT2D eigenvalue weighted by molar-refractivity contribution is 7.90. The van der Waals surface area contributed by atoms with E-state index in [4.69, 9.17) is 0 Å². The Morgan fingerprint density at radius 1 is 1.04 bits per heavy atom. The molecule has 0 radical (unpaired) electrons. The van der Waals surface area contributed by atoms with E-state index in [1.807, 2.05) is 31.2 Å². The number of sulfone groups is 1. The summed E-state index contributed by atoms with van der Waals surface area (Å²) < 4.78 is 24.7. The van der Waals surface area contributed by atoms with Gasteiger partial charge in [0.05, 0.1) is 15.9 Å². The van der Waals surface area contributed by atoms with Gasteiger partial charge in [-0.05, 0) is 36.4 Å². The van der Waals surface area contributed by atoms with E-state index >= 15 is 0 Å². The third-order valence-corrected chi connectivity index (χ3v) is 5.34. The van der Waals surface area contributed by atoms with Crippen LogP contribution in [-0.2, 0) is 27.6 Å². The van der Waals surface area contributed by atoms with Crippen molar-refractivity contribution in [3.05, 3.63) is 59.9 Å². The number of rotatable bonds is 5. The zero-order valence-corrected chi connectivity index (χ0v) is 16.3. The van der Waals surface area contributed by atoms with Gasteiger partial charge in [0.15, 0.2) is 9.84 Å². The summed E-state index contributed by atoms with van der Waals surface area (Å²) in [5.41, 5.74) is 6.59. The molecule has 2 amide bonds. The number of hydrogen-bond acceptors (Lipinski definition) is 5. The average molecular weight is 400 g/mol. The highest BCUT2D eigenvalue weighted by Gasteiger charge is 2.14. The number of nitrogens with one attached hydrogen (secondary N) is 2. The molecule has 0 aliphatic carbocycles. The van der Waals surface area contributed by atoms with Gasteiger partial charge in [0.1, 0.15) is 12.4 Å². The van der Waals surface area contributed by atoms with Gasteiger partial charge in [-0.25, -0.2) is 13.4 Å². The molecule has 0 aliphatic heterocycles. The van der Waals surface area contributed by atoms with Crippen LogP contribution in [-0.4, -0.2) is 36.0 Å². The molecule has 2 aromatic carbocycles. The van der Waals surface area contributed by atoms with Crippen LogP contribution in [0.1, 0.15) is 23.1 Å². The number of para-hydroxylation sites is 2. The molecule has 1 heterocycles. The van der Waals surface area contributed by atoms with Crippen LogP contribution in [0.15, 0.2) is 53.4 Å². The van der Waals surface area contributed by atoms with Crippen molar-refractivity contribution < 1.29 is 18.0 Å². The van der Waals surface area contributed by atoms with Gasteiger partial charge in [-0.3, -0.25) is 20.4 Å². The molecule has 146 valence electrons. The number of carbonyl (C=O) groups excluding carboxylic acids is 2. The number of benzene rings is 2.